The van der Waals surface area contributed by atoms with Crippen molar-refractivity contribution in [1.29, 1.82) is 0 Å². The number of nitrogens with zero attached hydrogens (tertiary/aromatic N) is 2. The van der Waals surface area contributed by atoms with Crippen LogP contribution in [0.3, 0.4) is 0 Å². The summed E-state index contributed by atoms with van der Waals surface area (Å²) in [6.07, 6.45) is 3.47. The van der Waals surface area contributed by atoms with Gasteiger partial charge in [-0.15, -0.1) is 0 Å². The predicted octanol–water partition coefficient (Wildman–Crippen LogP) is 6.46. The Bertz CT molecular complexity index is 1290. The van der Waals surface area contributed by atoms with Gasteiger partial charge in [0.25, 0.3) is 10.0 Å². The van der Waals surface area contributed by atoms with Crippen LogP contribution in [0.25, 0.3) is 33.9 Å². The number of rotatable bonds is 6. The molecular formula is C21H15I3N4O2S. The molecule has 0 spiro atoms. The Morgan fingerprint density at radius 2 is 1.45 bits per heavy atom. The molecule has 4 rings (SSSR count). The summed E-state index contributed by atoms with van der Waals surface area (Å²) < 4.78 is 26.5. The summed E-state index contributed by atoms with van der Waals surface area (Å²) in [5, 5.41) is 0. The molecule has 0 radical (unpaired) electrons. The Kier molecular flexibility index (Phi) is 6.88. The molecule has 0 saturated carbocycles. The third kappa shape index (κ3) is 5.22. The van der Waals surface area contributed by atoms with Gasteiger partial charge < -0.3 is 4.98 Å². The topological polar surface area (TPSA) is 87.7 Å². The van der Waals surface area contributed by atoms with Gasteiger partial charge in [-0.25, -0.2) is 13.4 Å². The molecule has 0 aliphatic rings. The van der Waals surface area contributed by atoms with Gasteiger partial charge in [-0.1, -0.05) is 42.5 Å². The Morgan fingerprint density at radius 1 is 0.806 bits per heavy atom. The molecule has 2 aromatic carbocycles. The van der Waals surface area contributed by atoms with Crippen molar-refractivity contribution >= 4 is 83.5 Å². The molecule has 0 fully saturated rings. The van der Waals surface area contributed by atoms with Crippen molar-refractivity contribution in [2.45, 2.75) is -1.23 Å². The van der Waals surface area contributed by atoms with E-state index in [1.165, 1.54) is 0 Å². The van der Waals surface area contributed by atoms with Crippen molar-refractivity contribution in [1.82, 2.24) is 15.0 Å². The second-order valence-electron chi connectivity index (χ2n) is 6.54. The van der Waals surface area contributed by atoms with Gasteiger partial charge in [-0.2, -0.15) is 0 Å². The maximum absolute atomic E-state index is 12.4. The molecule has 0 saturated heterocycles. The van der Waals surface area contributed by atoms with Gasteiger partial charge in [0.2, 0.25) is -1.23 Å². The standard InChI is InChI=1S/C21H15I3N4O2S/c22-21(23,24)31(29,30)28-17-8-6-14(7-9-17)18-19(15-10-12-25-13-11-15)27-20(26-18)16-4-2-1-3-5-16/h1-13,28H,(H,26,27). The normalized spacial score (nSPS) is 12.0. The number of pyridine rings is 1. The number of aromatic nitrogens is 3. The van der Waals surface area contributed by atoms with Gasteiger partial charge in [0, 0.05) is 34.8 Å². The molecule has 0 bridgehead atoms. The van der Waals surface area contributed by atoms with Crippen LogP contribution in [0.2, 0.25) is 0 Å². The monoisotopic (exact) mass is 768 g/mol. The second kappa shape index (κ2) is 9.31. The molecule has 2 N–H and O–H groups in total. The van der Waals surface area contributed by atoms with E-state index in [0.717, 1.165) is 33.9 Å². The average molecular weight is 768 g/mol. The molecule has 31 heavy (non-hydrogen) atoms. The molecule has 0 aliphatic heterocycles. The highest BCUT2D eigenvalue weighted by atomic mass is 127. The quantitative estimate of drug-likeness (QED) is 0.174. The maximum Gasteiger partial charge on any atom is 0.266 e. The van der Waals surface area contributed by atoms with Crippen LogP contribution in [-0.2, 0) is 10.0 Å². The van der Waals surface area contributed by atoms with Crippen molar-refractivity contribution in [2.24, 2.45) is 0 Å². The maximum atomic E-state index is 12.4. The summed E-state index contributed by atoms with van der Waals surface area (Å²) in [6, 6.07) is 21.0. The van der Waals surface area contributed by atoms with E-state index < -0.39 is 8.79 Å². The van der Waals surface area contributed by atoms with Crippen LogP contribution in [-0.4, -0.2) is 22.1 Å². The lowest BCUT2D eigenvalue weighted by Gasteiger charge is -2.15. The van der Waals surface area contributed by atoms with Gasteiger partial charge in [0.15, 0.2) is 0 Å². The first-order valence-electron chi connectivity index (χ1n) is 9.00. The lowest BCUT2D eigenvalue weighted by atomic mass is 10.1. The van der Waals surface area contributed by atoms with Crippen LogP contribution in [0.4, 0.5) is 5.69 Å². The zero-order chi connectivity index (χ0) is 22.1. The van der Waals surface area contributed by atoms with Crippen LogP contribution in [0.15, 0.2) is 79.1 Å². The lowest BCUT2D eigenvalue weighted by molar-refractivity contribution is 0.605. The van der Waals surface area contributed by atoms with Gasteiger partial charge >= 0.3 is 0 Å². The number of nitrogens with one attached hydrogen (secondary N) is 2. The van der Waals surface area contributed by atoms with Crippen molar-refractivity contribution in [3.8, 4) is 33.9 Å². The molecule has 4 aromatic rings. The van der Waals surface area contributed by atoms with E-state index in [2.05, 4.69) is 14.7 Å². The molecule has 158 valence electrons. The van der Waals surface area contributed by atoms with E-state index in [1.54, 1.807) is 24.5 Å². The minimum atomic E-state index is -3.53. The fourth-order valence-electron chi connectivity index (χ4n) is 2.95. The Labute approximate surface area is 221 Å². The fourth-order valence-corrected chi connectivity index (χ4v) is 4.50. The third-order valence-corrected chi connectivity index (χ3v) is 10.8. The zero-order valence-electron chi connectivity index (χ0n) is 15.8. The van der Waals surface area contributed by atoms with E-state index in [-0.39, 0.29) is 0 Å². The molecule has 6 nitrogen and oxygen atoms in total. The lowest BCUT2D eigenvalue weighted by Crippen LogP contribution is -2.25. The van der Waals surface area contributed by atoms with Crippen LogP contribution in [0.1, 0.15) is 0 Å². The van der Waals surface area contributed by atoms with Crippen LogP contribution < -0.4 is 4.72 Å². The minimum absolute atomic E-state index is 0.506. The highest BCUT2D eigenvalue weighted by Crippen LogP contribution is 2.42. The smallest absolute Gasteiger partial charge is 0.266 e. The summed E-state index contributed by atoms with van der Waals surface area (Å²) in [6.45, 7) is 0. The third-order valence-electron chi connectivity index (χ3n) is 4.44. The van der Waals surface area contributed by atoms with E-state index >= 15 is 0 Å². The van der Waals surface area contributed by atoms with Gasteiger partial charge in [0.1, 0.15) is 5.82 Å². The molecule has 2 heterocycles. The first-order valence-corrected chi connectivity index (χ1v) is 13.7. The van der Waals surface area contributed by atoms with Gasteiger partial charge in [-0.3, -0.25) is 9.71 Å². The molecular weight excluding hydrogens is 753 g/mol. The number of alkyl halides is 3. The van der Waals surface area contributed by atoms with Crippen molar-refractivity contribution in [2.75, 3.05) is 4.72 Å². The SMILES string of the molecule is O=S(=O)(Nc1ccc(-c2[nH]c(-c3ccccc3)nc2-c2ccncc2)cc1)C(I)(I)I. The molecule has 10 heteroatoms. The zero-order valence-corrected chi connectivity index (χ0v) is 23.0. The number of aromatic amines is 1. The first kappa shape index (κ1) is 22.9. The summed E-state index contributed by atoms with van der Waals surface area (Å²) in [7, 11) is -3.53. The Morgan fingerprint density at radius 3 is 2.06 bits per heavy atom. The molecule has 0 unspecified atom stereocenters. The van der Waals surface area contributed by atoms with Crippen LogP contribution >= 0.6 is 67.8 Å². The number of sulfonamides is 1. The Balaban J connectivity index is 1.74. The highest BCUT2D eigenvalue weighted by Gasteiger charge is 2.35. The van der Waals surface area contributed by atoms with Crippen molar-refractivity contribution in [3.05, 3.63) is 79.1 Å². The second-order valence-corrected chi connectivity index (χ2v) is 21.6. The van der Waals surface area contributed by atoms with Gasteiger partial charge in [-0.05, 0) is 92.0 Å². The van der Waals surface area contributed by atoms with Crippen molar-refractivity contribution in [3.63, 3.8) is 0 Å². The summed E-state index contributed by atoms with van der Waals surface area (Å²) in [5.41, 5.74) is 4.99. The predicted molar refractivity (Wildman–Crippen MR) is 150 cm³/mol. The number of imidazole rings is 1. The largest absolute Gasteiger partial charge is 0.337 e. The van der Waals surface area contributed by atoms with E-state index in [9.17, 15) is 8.42 Å². The van der Waals surface area contributed by atoms with E-state index in [1.807, 2.05) is 122 Å². The average Bonchev–Trinajstić information content (AvgIpc) is 3.20. The number of benzene rings is 2. The van der Waals surface area contributed by atoms with E-state index in [0.29, 0.717) is 5.69 Å². The number of H-pyrrole nitrogens is 1. The Hall–Kier alpha value is -1.26. The number of hydrogen-bond acceptors (Lipinski definition) is 4. The van der Waals surface area contributed by atoms with Crippen LogP contribution in [0, 0.1) is 0 Å². The number of hydrogen-bond donors (Lipinski definition) is 2. The van der Waals surface area contributed by atoms with Gasteiger partial charge in [0.05, 0.1) is 11.4 Å². The summed E-state index contributed by atoms with van der Waals surface area (Å²) >= 11 is 5.66. The summed E-state index contributed by atoms with van der Waals surface area (Å²) in [5.74, 6) is 0.761. The first-order chi connectivity index (χ1) is 14.7. The van der Waals surface area contributed by atoms with E-state index in [4.69, 9.17) is 4.98 Å². The van der Waals surface area contributed by atoms with Crippen LogP contribution in [0.5, 0.6) is 0 Å². The fraction of sp³-hybridized carbons (Fsp3) is 0.0476. The highest BCUT2D eigenvalue weighted by molar-refractivity contribution is 14.3. The number of anilines is 1. The molecule has 0 aliphatic carbocycles. The van der Waals surface area contributed by atoms with Crippen molar-refractivity contribution < 1.29 is 8.42 Å². The summed E-state index contributed by atoms with van der Waals surface area (Å²) in [4.78, 5) is 12.4. The molecule has 0 amide bonds. The number of halogens is 3. The molecule has 2 aromatic heterocycles. The minimum Gasteiger partial charge on any atom is -0.337 e. The molecule has 0 atom stereocenters.